The molecular formula is C20H20F3N4OS-. The predicted molar refractivity (Wildman–Crippen MR) is 108 cm³/mol. The highest BCUT2D eigenvalue weighted by atomic mass is 32.1. The average molecular weight is 421 g/mol. The molecular weight excluding hydrogens is 401 g/mol. The largest absolute Gasteiger partial charge is 0.652 e. The molecule has 3 aromatic rings. The van der Waals surface area contributed by atoms with Crippen LogP contribution < -0.4 is 5.56 Å². The minimum Gasteiger partial charge on any atom is -0.652 e. The second-order valence-electron chi connectivity index (χ2n) is 7.56. The van der Waals surface area contributed by atoms with Crippen molar-refractivity contribution in [2.24, 2.45) is 0 Å². The molecule has 0 aliphatic heterocycles. The van der Waals surface area contributed by atoms with Gasteiger partial charge in [-0.15, -0.1) is 16.9 Å². The van der Waals surface area contributed by atoms with Crippen LogP contribution in [-0.2, 0) is 12.7 Å². The molecule has 0 amide bonds. The molecule has 0 spiro atoms. The molecule has 5 nitrogen and oxygen atoms in total. The summed E-state index contributed by atoms with van der Waals surface area (Å²) in [6.45, 7) is 8.28. The molecule has 0 fully saturated rings. The van der Waals surface area contributed by atoms with Crippen LogP contribution in [-0.4, -0.2) is 20.5 Å². The second kappa shape index (κ2) is 7.72. The molecule has 0 aliphatic rings. The van der Waals surface area contributed by atoms with Crippen molar-refractivity contribution in [2.75, 3.05) is 0 Å². The van der Waals surface area contributed by atoms with Crippen molar-refractivity contribution in [1.82, 2.24) is 15.0 Å². The fourth-order valence-electron chi connectivity index (χ4n) is 2.59. The molecule has 3 rings (SSSR count). The van der Waals surface area contributed by atoms with Gasteiger partial charge in [0.15, 0.2) is 5.82 Å². The molecule has 0 saturated heterocycles. The average Bonchev–Trinajstić information content (AvgIpc) is 2.99. The van der Waals surface area contributed by atoms with E-state index in [0.717, 1.165) is 17.1 Å². The van der Waals surface area contributed by atoms with E-state index in [2.05, 4.69) is 20.3 Å². The van der Waals surface area contributed by atoms with E-state index in [0.29, 0.717) is 34.2 Å². The van der Waals surface area contributed by atoms with Crippen LogP contribution >= 0.6 is 11.3 Å². The highest BCUT2D eigenvalue weighted by molar-refractivity contribution is 7.15. The van der Waals surface area contributed by atoms with Gasteiger partial charge in [-0.25, -0.2) is 9.97 Å². The summed E-state index contributed by atoms with van der Waals surface area (Å²) >= 11 is 1.39. The Morgan fingerprint density at radius 3 is 2.34 bits per heavy atom. The molecule has 2 heterocycles. The summed E-state index contributed by atoms with van der Waals surface area (Å²) in [5, 5.41) is 5.35. The maximum Gasteiger partial charge on any atom is 0.416 e. The Morgan fingerprint density at radius 1 is 1.10 bits per heavy atom. The Balaban J connectivity index is 1.94. The van der Waals surface area contributed by atoms with Crippen LogP contribution in [0.15, 0.2) is 35.1 Å². The Hall–Kier alpha value is -2.52. The molecule has 0 bridgehead atoms. The van der Waals surface area contributed by atoms with Gasteiger partial charge < -0.3 is 10.3 Å². The fraction of sp³-hybridized carbons (Fsp3) is 0.350. The summed E-state index contributed by atoms with van der Waals surface area (Å²) in [5.41, 5.74) is 0.105. The van der Waals surface area contributed by atoms with E-state index in [1.54, 1.807) is 0 Å². The Bertz CT molecular complexity index is 1060. The first kappa shape index (κ1) is 21.2. The second-order valence-corrected chi connectivity index (χ2v) is 8.65. The normalized spacial score (nSPS) is 12.4. The summed E-state index contributed by atoms with van der Waals surface area (Å²) < 4.78 is 38.3. The minimum absolute atomic E-state index is 0.186. The third-order valence-corrected chi connectivity index (χ3v) is 5.14. The SMILES string of the molecule is Cc1nc(C[N-]C(C)(C)C)sc1-c1nc(-c2ccc(C(F)(F)F)cc2)cc(=O)[nH]1. The number of rotatable bonds is 4. The quantitative estimate of drug-likeness (QED) is 0.599. The van der Waals surface area contributed by atoms with E-state index in [1.807, 2.05) is 27.7 Å². The van der Waals surface area contributed by atoms with Crippen LogP contribution in [0.2, 0.25) is 0 Å². The van der Waals surface area contributed by atoms with Gasteiger partial charge >= 0.3 is 6.18 Å². The lowest BCUT2D eigenvalue weighted by Gasteiger charge is -2.35. The van der Waals surface area contributed by atoms with Gasteiger partial charge in [-0.3, -0.25) is 4.79 Å². The number of thiazole rings is 1. The molecule has 0 saturated carbocycles. The number of hydrogen-bond acceptors (Lipinski definition) is 4. The summed E-state index contributed by atoms with van der Waals surface area (Å²) in [6.07, 6.45) is -4.42. The van der Waals surface area contributed by atoms with Crippen molar-refractivity contribution >= 4 is 11.3 Å². The van der Waals surface area contributed by atoms with Crippen LogP contribution in [0.25, 0.3) is 27.3 Å². The summed E-state index contributed by atoms with van der Waals surface area (Å²) in [6, 6.07) is 5.82. The van der Waals surface area contributed by atoms with E-state index < -0.39 is 17.3 Å². The highest BCUT2D eigenvalue weighted by Crippen LogP contribution is 2.32. The molecule has 154 valence electrons. The van der Waals surface area contributed by atoms with Crippen LogP contribution in [0.4, 0.5) is 13.2 Å². The lowest BCUT2D eigenvalue weighted by atomic mass is 10.1. The summed E-state index contributed by atoms with van der Waals surface area (Å²) in [5.74, 6) is 0.337. The van der Waals surface area contributed by atoms with Crippen LogP contribution in [0, 0.1) is 6.92 Å². The van der Waals surface area contributed by atoms with E-state index >= 15 is 0 Å². The van der Waals surface area contributed by atoms with Crippen molar-refractivity contribution in [1.29, 1.82) is 0 Å². The van der Waals surface area contributed by atoms with Crippen LogP contribution in [0.3, 0.4) is 0 Å². The van der Waals surface area contributed by atoms with Crippen LogP contribution in [0.5, 0.6) is 0 Å². The predicted octanol–water partition coefficient (Wildman–Crippen LogP) is 5.56. The zero-order valence-corrected chi connectivity index (χ0v) is 17.2. The maximum atomic E-state index is 12.8. The smallest absolute Gasteiger partial charge is 0.416 e. The third-order valence-electron chi connectivity index (χ3n) is 3.99. The first-order valence-electron chi connectivity index (χ1n) is 8.87. The molecule has 1 aromatic carbocycles. The molecule has 0 aliphatic carbocycles. The van der Waals surface area contributed by atoms with E-state index in [9.17, 15) is 18.0 Å². The van der Waals surface area contributed by atoms with Gasteiger partial charge in [0.2, 0.25) is 0 Å². The number of halogens is 3. The number of nitrogens with one attached hydrogen (secondary N) is 1. The van der Waals surface area contributed by atoms with Crippen molar-refractivity contribution in [2.45, 2.75) is 46.0 Å². The topological polar surface area (TPSA) is 72.7 Å². The Labute approximate surface area is 170 Å². The maximum absolute atomic E-state index is 12.8. The first-order valence-corrected chi connectivity index (χ1v) is 9.68. The summed E-state index contributed by atoms with van der Waals surface area (Å²) in [7, 11) is 0. The first-order chi connectivity index (χ1) is 13.4. The number of alkyl halides is 3. The fourth-order valence-corrected chi connectivity index (χ4v) is 3.52. The molecule has 1 N–H and O–H groups in total. The number of aromatic nitrogens is 3. The van der Waals surface area contributed by atoms with Crippen molar-refractivity contribution in [3.8, 4) is 22.0 Å². The molecule has 29 heavy (non-hydrogen) atoms. The van der Waals surface area contributed by atoms with Gasteiger partial charge in [-0.1, -0.05) is 39.4 Å². The van der Waals surface area contributed by atoms with E-state index in [1.165, 1.54) is 29.5 Å². The zero-order chi connectivity index (χ0) is 21.4. The lowest BCUT2D eigenvalue weighted by molar-refractivity contribution is -0.137. The zero-order valence-electron chi connectivity index (χ0n) is 16.4. The highest BCUT2D eigenvalue weighted by Gasteiger charge is 2.30. The van der Waals surface area contributed by atoms with Crippen LogP contribution in [0.1, 0.15) is 37.0 Å². The van der Waals surface area contributed by atoms with Gasteiger partial charge in [0.05, 0.1) is 26.8 Å². The molecule has 2 aromatic heterocycles. The van der Waals surface area contributed by atoms with Crippen molar-refractivity contribution in [3.05, 3.63) is 62.3 Å². The van der Waals surface area contributed by atoms with Gasteiger partial charge in [-0.05, 0) is 19.1 Å². The van der Waals surface area contributed by atoms with Crippen molar-refractivity contribution < 1.29 is 13.2 Å². The molecule has 9 heteroatoms. The monoisotopic (exact) mass is 421 g/mol. The number of nitrogens with zero attached hydrogens (tertiary/aromatic N) is 3. The minimum atomic E-state index is -4.42. The van der Waals surface area contributed by atoms with Gasteiger partial charge in [0.25, 0.3) is 5.56 Å². The third kappa shape index (κ3) is 5.30. The van der Waals surface area contributed by atoms with E-state index in [4.69, 9.17) is 0 Å². The van der Waals surface area contributed by atoms with Gasteiger partial charge in [0.1, 0.15) is 0 Å². The van der Waals surface area contributed by atoms with Gasteiger partial charge in [0, 0.05) is 11.6 Å². The van der Waals surface area contributed by atoms with Gasteiger partial charge in [-0.2, -0.15) is 13.2 Å². The molecule has 0 atom stereocenters. The Morgan fingerprint density at radius 2 is 1.76 bits per heavy atom. The number of benzene rings is 1. The standard InChI is InChI=1S/C20H20F3N4OS/c1-11-17(29-16(25-11)10-24-19(2,3)4)18-26-14(9-15(28)27-18)12-5-7-13(8-6-12)20(21,22)23/h5-9H,10H2,1-4H3,(H,26,27,28)/q-1. The molecule has 0 unspecified atom stereocenters. The number of aromatic amines is 1. The summed E-state index contributed by atoms with van der Waals surface area (Å²) in [4.78, 5) is 24.5. The lowest BCUT2D eigenvalue weighted by Crippen LogP contribution is -2.12. The number of H-pyrrole nitrogens is 1. The van der Waals surface area contributed by atoms with Crippen molar-refractivity contribution in [3.63, 3.8) is 0 Å². The Kier molecular flexibility index (Phi) is 5.64. The number of hydrogen-bond donors (Lipinski definition) is 1. The van der Waals surface area contributed by atoms with E-state index in [-0.39, 0.29) is 5.54 Å². The molecule has 0 radical (unpaired) electrons. The number of aryl methyl sites for hydroxylation is 1.